The Bertz CT molecular complexity index is 1770. The van der Waals surface area contributed by atoms with E-state index in [0.717, 1.165) is 10.6 Å². The summed E-state index contributed by atoms with van der Waals surface area (Å²) in [6, 6.07) is 29.0. The minimum absolute atomic E-state index is 0.0179. The van der Waals surface area contributed by atoms with Crippen molar-refractivity contribution in [1.82, 2.24) is 25.5 Å². The number of benzene rings is 4. The third-order valence-electron chi connectivity index (χ3n) is 6.54. The Balaban J connectivity index is 1.34. The van der Waals surface area contributed by atoms with E-state index in [9.17, 15) is 9.59 Å². The number of aromatic nitrogens is 4. The first-order chi connectivity index (χ1) is 22.0. The van der Waals surface area contributed by atoms with E-state index in [-0.39, 0.29) is 5.70 Å². The lowest BCUT2D eigenvalue weighted by molar-refractivity contribution is -0.113. The maximum atomic E-state index is 13.5. The summed E-state index contributed by atoms with van der Waals surface area (Å²) in [5.41, 5.74) is 2.40. The number of methoxy groups -OCH3 is 3. The van der Waals surface area contributed by atoms with Crippen LogP contribution >= 0.6 is 11.8 Å². The van der Waals surface area contributed by atoms with Crippen molar-refractivity contribution in [3.63, 3.8) is 0 Å². The van der Waals surface area contributed by atoms with Gasteiger partial charge in [0.1, 0.15) is 5.70 Å². The van der Waals surface area contributed by atoms with E-state index in [1.807, 2.05) is 48.5 Å². The molecule has 4 aromatic carbocycles. The summed E-state index contributed by atoms with van der Waals surface area (Å²) in [5, 5.41) is 17.7. The molecule has 0 saturated carbocycles. The molecule has 2 amide bonds. The van der Waals surface area contributed by atoms with Crippen LogP contribution in [-0.2, 0) is 10.5 Å². The van der Waals surface area contributed by atoms with Gasteiger partial charge in [-0.1, -0.05) is 36.4 Å². The predicted octanol–water partition coefficient (Wildman–Crippen LogP) is 5.39. The van der Waals surface area contributed by atoms with E-state index >= 15 is 0 Å². The summed E-state index contributed by atoms with van der Waals surface area (Å²) >= 11 is 1.56. The molecular weight excluding hydrogens is 592 g/mol. The first kappa shape index (κ1) is 30.8. The van der Waals surface area contributed by atoms with Gasteiger partial charge in [-0.3, -0.25) is 9.59 Å². The fraction of sp³-hybridized carbons (Fsp3) is 0.121. The average Bonchev–Trinajstić information content (AvgIpc) is 3.56. The van der Waals surface area contributed by atoms with Crippen molar-refractivity contribution in [3.8, 4) is 22.9 Å². The van der Waals surface area contributed by atoms with Crippen LogP contribution in [0.5, 0.6) is 17.2 Å². The second-order valence-electron chi connectivity index (χ2n) is 9.45. The van der Waals surface area contributed by atoms with Gasteiger partial charge in [0.25, 0.3) is 11.8 Å². The molecule has 0 aliphatic carbocycles. The Morgan fingerprint density at radius 2 is 1.49 bits per heavy atom. The molecule has 45 heavy (non-hydrogen) atoms. The molecule has 0 saturated heterocycles. The van der Waals surface area contributed by atoms with Gasteiger partial charge in [0.05, 0.1) is 32.8 Å². The number of carbonyl (C=O) groups excluding carboxylic acids is 2. The largest absolute Gasteiger partial charge is 0.493 e. The van der Waals surface area contributed by atoms with Crippen LogP contribution in [0.25, 0.3) is 11.8 Å². The van der Waals surface area contributed by atoms with Crippen molar-refractivity contribution in [2.75, 3.05) is 26.6 Å². The molecule has 0 fully saturated rings. The molecule has 0 aliphatic rings. The van der Waals surface area contributed by atoms with Gasteiger partial charge in [0.15, 0.2) is 17.3 Å². The smallest absolute Gasteiger partial charge is 0.272 e. The van der Waals surface area contributed by atoms with Crippen LogP contribution in [0.3, 0.4) is 0 Å². The molecule has 0 radical (unpaired) electrons. The van der Waals surface area contributed by atoms with E-state index in [2.05, 4.69) is 26.2 Å². The number of nitrogens with zero attached hydrogens (tertiary/aromatic N) is 4. The number of amides is 2. The third kappa shape index (κ3) is 7.67. The molecular formula is C33H30N6O5S. The molecule has 1 aromatic heterocycles. The maximum absolute atomic E-state index is 13.5. The van der Waals surface area contributed by atoms with Gasteiger partial charge in [-0.25, -0.2) is 0 Å². The van der Waals surface area contributed by atoms with Crippen molar-refractivity contribution in [2.24, 2.45) is 0 Å². The monoisotopic (exact) mass is 622 g/mol. The maximum Gasteiger partial charge on any atom is 0.272 e. The summed E-state index contributed by atoms with van der Waals surface area (Å²) in [7, 11) is 4.51. The fourth-order valence-corrected chi connectivity index (χ4v) is 5.14. The minimum Gasteiger partial charge on any atom is -0.493 e. The SMILES string of the molecule is COc1cc(/C=C(\NC(=O)c2ccccc2)C(=O)Nc2ccc(SCc3nnnn3-c3ccccc3)cc2)cc(OC)c1OC. The number of carbonyl (C=O) groups is 2. The highest BCUT2D eigenvalue weighted by Gasteiger charge is 2.18. The van der Waals surface area contributed by atoms with E-state index in [1.54, 1.807) is 71.1 Å². The van der Waals surface area contributed by atoms with Crippen molar-refractivity contribution in [3.05, 3.63) is 120 Å². The zero-order chi connectivity index (χ0) is 31.6. The van der Waals surface area contributed by atoms with Crippen molar-refractivity contribution < 1.29 is 23.8 Å². The molecule has 0 unspecified atom stereocenters. The number of anilines is 1. The Labute approximate surface area is 264 Å². The summed E-state index contributed by atoms with van der Waals surface area (Å²) in [4.78, 5) is 27.6. The van der Waals surface area contributed by atoms with Gasteiger partial charge in [0, 0.05) is 16.1 Å². The predicted molar refractivity (Wildman–Crippen MR) is 172 cm³/mol. The quantitative estimate of drug-likeness (QED) is 0.139. The second kappa shape index (κ2) is 14.7. The number of hydrogen-bond acceptors (Lipinski definition) is 9. The Kier molecular flexibility index (Phi) is 10.1. The van der Waals surface area contributed by atoms with Crippen LogP contribution < -0.4 is 24.8 Å². The van der Waals surface area contributed by atoms with Gasteiger partial charge >= 0.3 is 0 Å². The molecule has 1 heterocycles. The molecule has 228 valence electrons. The lowest BCUT2D eigenvalue weighted by Crippen LogP contribution is -2.30. The minimum atomic E-state index is -0.518. The summed E-state index contributed by atoms with van der Waals surface area (Å²) < 4.78 is 18.0. The number of thioether (sulfide) groups is 1. The van der Waals surface area contributed by atoms with E-state index in [1.165, 1.54) is 21.3 Å². The lowest BCUT2D eigenvalue weighted by atomic mass is 10.1. The number of ether oxygens (including phenoxy) is 3. The molecule has 0 spiro atoms. The van der Waals surface area contributed by atoms with Crippen LogP contribution in [0.15, 0.2) is 108 Å². The Hall–Kier alpha value is -5.62. The van der Waals surface area contributed by atoms with Gasteiger partial charge in [-0.2, -0.15) is 4.68 Å². The lowest BCUT2D eigenvalue weighted by Gasteiger charge is -2.15. The molecule has 2 N–H and O–H groups in total. The van der Waals surface area contributed by atoms with Crippen LogP contribution in [0, 0.1) is 0 Å². The summed E-state index contributed by atoms with van der Waals surface area (Å²) in [5.74, 6) is 1.52. The Morgan fingerprint density at radius 3 is 2.11 bits per heavy atom. The second-order valence-corrected chi connectivity index (χ2v) is 10.5. The van der Waals surface area contributed by atoms with Gasteiger partial charge < -0.3 is 24.8 Å². The Morgan fingerprint density at radius 1 is 0.844 bits per heavy atom. The summed E-state index contributed by atoms with van der Waals surface area (Å²) in [6.07, 6.45) is 1.54. The molecule has 0 atom stereocenters. The van der Waals surface area contributed by atoms with Crippen LogP contribution in [-0.4, -0.2) is 53.4 Å². The van der Waals surface area contributed by atoms with Crippen molar-refractivity contribution in [1.29, 1.82) is 0 Å². The van der Waals surface area contributed by atoms with E-state index < -0.39 is 11.8 Å². The van der Waals surface area contributed by atoms with Crippen LogP contribution in [0.4, 0.5) is 5.69 Å². The van der Waals surface area contributed by atoms with E-state index in [4.69, 9.17) is 14.2 Å². The van der Waals surface area contributed by atoms with Gasteiger partial charge in [-0.05, 0) is 82.7 Å². The highest BCUT2D eigenvalue weighted by Crippen LogP contribution is 2.38. The molecule has 12 heteroatoms. The molecule has 0 aliphatic heterocycles. The zero-order valence-corrected chi connectivity index (χ0v) is 25.6. The van der Waals surface area contributed by atoms with Crippen LogP contribution in [0.2, 0.25) is 0 Å². The number of para-hydroxylation sites is 1. The van der Waals surface area contributed by atoms with Crippen molar-refractivity contribution in [2.45, 2.75) is 10.6 Å². The number of hydrogen-bond donors (Lipinski definition) is 2. The highest BCUT2D eigenvalue weighted by atomic mass is 32.2. The van der Waals surface area contributed by atoms with Gasteiger partial charge in [0.2, 0.25) is 5.75 Å². The zero-order valence-electron chi connectivity index (χ0n) is 24.8. The standard InChI is InChI=1S/C33H30N6O5S/c1-42-28-19-22(20-29(43-2)31(28)44-3)18-27(35-32(40)23-10-6-4-7-11-23)33(41)34-24-14-16-26(17-15-24)45-21-30-36-37-38-39(30)25-12-8-5-9-13-25/h4-20H,21H2,1-3H3,(H,34,41)(H,35,40)/b27-18-. The van der Waals surface area contributed by atoms with Crippen molar-refractivity contribution >= 4 is 35.3 Å². The average molecular weight is 623 g/mol. The van der Waals surface area contributed by atoms with E-state index in [0.29, 0.717) is 45.6 Å². The normalized spacial score (nSPS) is 11.0. The fourth-order valence-electron chi connectivity index (χ4n) is 4.34. The summed E-state index contributed by atoms with van der Waals surface area (Å²) in [6.45, 7) is 0. The first-order valence-corrected chi connectivity index (χ1v) is 14.7. The molecule has 5 rings (SSSR count). The topological polar surface area (TPSA) is 129 Å². The number of nitrogens with one attached hydrogen (secondary N) is 2. The number of tetrazole rings is 1. The molecule has 5 aromatic rings. The van der Waals surface area contributed by atoms with Crippen LogP contribution in [0.1, 0.15) is 21.7 Å². The highest BCUT2D eigenvalue weighted by molar-refractivity contribution is 7.98. The first-order valence-electron chi connectivity index (χ1n) is 13.7. The number of rotatable bonds is 12. The molecule has 11 nitrogen and oxygen atoms in total. The molecule has 0 bridgehead atoms. The van der Waals surface area contributed by atoms with Gasteiger partial charge in [-0.15, -0.1) is 16.9 Å². The third-order valence-corrected chi connectivity index (χ3v) is 7.55.